The molecule has 9 nitrogen and oxygen atoms in total. The van der Waals surface area contributed by atoms with Crippen LogP contribution in [0.5, 0.6) is 17.4 Å². The monoisotopic (exact) mass is 472 g/mol. The number of hydrogen-bond acceptors (Lipinski definition) is 8. The van der Waals surface area contributed by atoms with Crippen LogP contribution >= 0.6 is 0 Å². The summed E-state index contributed by atoms with van der Waals surface area (Å²) < 4.78 is 24.4. The molecule has 4 aromatic rings. The number of furan rings is 1. The number of methoxy groups -OCH3 is 2. The Morgan fingerprint density at radius 1 is 1.11 bits per heavy atom. The van der Waals surface area contributed by atoms with Gasteiger partial charge in [-0.2, -0.15) is 0 Å². The quantitative estimate of drug-likeness (QED) is 0.426. The second-order valence-corrected chi connectivity index (χ2v) is 9.57. The summed E-state index contributed by atoms with van der Waals surface area (Å²) in [5.41, 5.74) is 2.50. The van der Waals surface area contributed by atoms with Crippen molar-refractivity contribution in [1.29, 1.82) is 0 Å². The molecule has 1 aliphatic heterocycles. The van der Waals surface area contributed by atoms with Crippen molar-refractivity contribution in [2.75, 3.05) is 14.2 Å². The molecule has 0 amide bonds. The molecule has 3 aromatic heterocycles. The summed E-state index contributed by atoms with van der Waals surface area (Å²) in [6.07, 6.45) is 4.20. The largest absolute Gasteiger partial charge is 0.493 e. The van der Waals surface area contributed by atoms with Gasteiger partial charge in [0.25, 0.3) is 0 Å². The fraction of sp³-hybridized carbons (Fsp3) is 0.308. The van der Waals surface area contributed by atoms with Crippen molar-refractivity contribution in [2.24, 2.45) is 5.41 Å². The predicted molar refractivity (Wildman–Crippen MR) is 126 cm³/mol. The topological polar surface area (TPSA) is 101 Å². The number of fused-ring (bicyclic) bond motifs is 3. The molecule has 0 unspecified atom stereocenters. The summed E-state index contributed by atoms with van der Waals surface area (Å²) in [5, 5.41) is 4.55. The standard InChI is InChI=1S/C26H24N4O5/c1-26(2)11-15(31)21-19(12-26)35-25-22(20(21)14-7-8-16(32-3)18(10-14)33-4)24-28-23(17-6-5-9-34-17)29-30(24)13-27-25/h5-10,13,20H,11-12H2,1-4H3/t20-/m0/s1. The smallest absolute Gasteiger partial charge is 0.228 e. The van der Waals surface area contributed by atoms with Crippen molar-refractivity contribution in [3.63, 3.8) is 0 Å². The van der Waals surface area contributed by atoms with E-state index in [1.165, 1.54) is 0 Å². The minimum absolute atomic E-state index is 0.0504. The zero-order chi connectivity index (χ0) is 24.3. The number of benzene rings is 1. The van der Waals surface area contributed by atoms with Gasteiger partial charge in [-0.25, -0.2) is 14.5 Å². The average Bonchev–Trinajstić information content (AvgIpc) is 3.51. The Morgan fingerprint density at radius 2 is 1.94 bits per heavy atom. The molecular formula is C26H24N4O5. The molecule has 1 aromatic carbocycles. The number of carbonyl (C=O) groups excluding carboxylic acids is 1. The highest BCUT2D eigenvalue weighted by Gasteiger charge is 2.44. The van der Waals surface area contributed by atoms with Gasteiger partial charge in [-0.15, -0.1) is 5.10 Å². The first kappa shape index (κ1) is 21.4. The van der Waals surface area contributed by atoms with Crippen LogP contribution in [-0.4, -0.2) is 39.6 Å². The summed E-state index contributed by atoms with van der Waals surface area (Å²) in [6, 6.07) is 9.25. The number of rotatable bonds is 4. The average molecular weight is 473 g/mol. The molecule has 0 saturated heterocycles. The van der Waals surface area contributed by atoms with Crippen LogP contribution in [0.1, 0.15) is 43.7 Å². The van der Waals surface area contributed by atoms with Crippen LogP contribution < -0.4 is 14.2 Å². The van der Waals surface area contributed by atoms with Crippen molar-refractivity contribution in [2.45, 2.75) is 32.6 Å². The van der Waals surface area contributed by atoms with E-state index in [4.69, 9.17) is 23.6 Å². The summed E-state index contributed by atoms with van der Waals surface area (Å²) in [4.78, 5) is 22.9. The number of Topliss-reactive ketones (excluding diaryl/α,β-unsaturated/α-hetero) is 1. The van der Waals surface area contributed by atoms with E-state index in [2.05, 4.69) is 23.9 Å². The second kappa shape index (κ2) is 7.69. The first-order chi connectivity index (χ1) is 16.9. The first-order valence-electron chi connectivity index (χ1n) is 11.3. The Balaban J connectivity index is 1.62. The maximum atomic E-state index is 13.6. The number of ketones is 1. The number of nitrogens with zero attached hydrogens (tertiary/aromatic N) is 4. The van der Waals surface area contributed by atoms with Crippen LogP contribution in [0.2, 0.25) is 0 Å². The molecule has 0 saturated carbocycles. The third-order valence-electron chi connectivity index (χ3n) is 6.55. The highest BCUT2D eigenvalue weighted by atomic mass is 16.5. The summed E-state index contributed by atoms with van der Waals surface area (Å²) in [6.45, 7) is 4.15. The van der Waals surface area contributed by atoms with Gasteiger partial charge in [-0.05, 0) is 35.2 Å². The number of carbonyl (C=O) groups is 1. The number of aromatic nitrogens is 4. The van der Waals surface area contributed by atoms with Gasteiger partial charge in [0.05, 0.1) is 32.0 Å². The second-order valence-electron chi connectivity index (χ2n) is 9.57. The van der Waals surface area contributed by atoms with Crippen molar-refractivity contribution >= 4 is 11.4 Å². The molecule has 1 atom stereocenters. The van der Waals surface area contributed by atoms with Gasteiger partial charge in [0, 0.05) is 18.4 Å². The van der Waals surface area contributed by atoms with E-state index in [0.717, 1.165) is 5.56 Å². The van der Waals surface area contributed by atoms with Crippen LogP contribution in [0.3, 0.4) is 0 Å². The first-order valence-corrected chi connectivity index (χ1v) is 11.3. The third-order valence-corrected chi connectivity index (χ3v) is 6.55. The van der Waals surface area contributed by atoms with E-state index in [0.29, 0.717) is 64.3 Å². The molecule has 2 aliphatic rings. The van der Waals surface area contributed by atoms with Gasteiger partial charge in [0.1, 0.15) is 12.1 Å². The Hall–Kier alpha value is -4.14. The Bertz CT molecular complexity index is 1500. The van der Waals surface area contributed by atoms with E-state index >= 15 is 0 Å². The van der Waals surface area contributed by atoms with E-state index < -0.39 is 5.92 Å². The molecule has 9 heteroatoms. The Kier molecular flexibility index (Phi) is 4.70. The van der Waals surface area contributed by atoms with Crippen LogP contribution in [-0.2, 0) is 4.79 Å². The van der Waals surface area contributed by atoms with Gasteiger partial charge in [0.2, 0.25) is 11.7 Å². The Labute approximate surface area is 201 Å². The molecule has 1 aliphatic carbocycles. The molecule has 0 radical (unpaired) electrons. The maximum Gasteiger partial charge on any atom is 0.228 e. The van der Waals surface area contributed by atoms with E-state index in [-0.39, 0.29) is 11.2 Å². The number of ether oxygens (including phenoxy) is 3. The number of allylic oxidation sites excluding steroid dienone is 2. The van der Waals surface area contributed by atoms with Crippen LogP contribution in [0.15, 0.2) is 58.7 Å². The van der Waals surface area contributed by atoms with Gasteiger partial charge < -0.3 is 18.6 Å². The summed E-state index contributed by atoms with van der Waals surface area (Å²) >= 11 is 0. The van der Waals surface area contributed by atoms with Crippen LogP contribution in [0.25, 0.3) is 17.2 Å². The predicted octanol–water partition coefficient (Wildman–Crippen LogP) is 4.57. The van der Waals surface area contributed by atoms with Gasteiger partial charge >= 0.3 is 0 Å². The summed E-state index contributed by atoms with van der Waals surface area (Å²) in [5.74, 6) is 2.80. The lowest BCUT2D eigenvalue weighted by Gasteiger charge is -2.37. The van der Waals surface area contributed by atoms with Crippen molar-refractivity contribution in [3.8, 4) is 29.0 Å². The molecule has 0 fully saturated rings. The molecule has 0 bridgehead atoms. The minimum atomic E-state index is -0.456. The van der Waals surface area contributed by atoms with E-state index in [1.807, 2.05) is 18.2 Å². The highest BCUT2D eigenvalue weighted by molar-refractivity contribution is 6.00. The minimum Gasteiger partial charge on any atom is -0.493 e. The summed E-state index contributed by atoms with van der Waals surface area (Å²) in [7, 11) is 3.18. The lowest BCUT2D eigenvalue weighted by atomic mass is 9.70. The fourth-order valence-electron chi connectivity index (χ4n) is 5.02. The zero-order valence-electron chi connectivity index (χ0n) is 19.9. The van der Waals surface area contributed by atoms with Gasteiger partial charge in [-0.3, -0.25) is 4.79 Å². The number of hydrogen-bond donors (Lipinski definition) is 0. The molecule has 4 heterocycles. The highest BCUT2D eigenvalue weighted by Crippen LogP contribution is 2.51. The lowest BCUT2D eigenvalue weighted by Crippen LogP contribution is -2.33. The molecule has 35 heavy (non-hydrogen) atoms. The zero-order valence-corrected chi connectivity index (χ0v) is 19.9. The SMILES string of the molecule is COc1ccc([C@H]2C3=C(CC(C)(C)CC3=O)Oc3ncn4nc(-c5ccco5)nc4c32)cc1OC. The molecule has 0 N–H and O–H groups in total. The van der Waals surface area contributed by atoms with Gasteiger partial charge in [-0.1, -0.05) is 19.9 Å². The Morgan fingerprint density at radius 3 is 2.69 bits per heavy atom. The molecule has 178 valence electrons. The fourth-order valence-corrected chi connectivity index (χ4v) is 5.02. The molecular weight excluding hydrogens is 448 g/mol. The third kappa shape index (κ3) is 3.38. The van der Waals surface area contributed by atoms with Crippen LogP contribution in [0, 0.1) is 5.41 Å². The normalized spacial score (nSPS) is 18.7. The van der Waals surface area contributed by atoms with Crippen LogP contribution in [0.4, 0.5) is 0 Å². The maximum absolute atomic E-state index is 13.6. The van der Waals surface area contributed by atoms with Crippen molar-refractivity contribution in [3.05, 3.63) is 65.4 Å². The molecule has 6 rings (SSSR count). The van der Waals surface area contributed by atoms with E-state index in [9.17, 15) is 4.79 Å². The van der Waals surface area contributed by atoms with Crippen molar-refractivity contribution < 1.29 is 23.4 Å². The van der Waals surface area contributed by atoms with Gasteiger partial charge in [0.15, 0.2) is 28.7 Å². The van der Waals surface area contributed by atoms with Crippen molar-refractivity contribution in [1.82, 2.24) is 19.6 Å². The van der Waals surface area contributed by atoms with E-state index in [1.54, 1.807) is 43.5 Å². The molecule has 0 spiro atoms. The lowest BCUT2D eigenvalue weighted by molar-refractivity contribution is -0.118.